The molecule has 0 saturated heterocycles. The molecule has 1 amide bonds. The van der Waals surface area contributed by atoms with Gasteiger partial charge in [-0.25, -0.2) is 0 Å². The number of amides is 1. The Kier molecular flexibility index (Phi) is 5.32. The van der Waals surface area contributed by atoms with E-state index in [1.54, 1.807) is 0 Å². The third-order valence-corrected chi connectivity index (χ3v) is 5.35. The van der Waals surface area contributed by atoms with Crippen molar-refractivity contribution in [2.75, 3.05) is 12.8 Å². The lowest BCUT2D eigenvalue weighted by atomic mass is 10.2. The van der Waals surface area contributed by atoms with Gasteiger partial charge in [-0.05, 0) is 30.5 Å². The highest BCUT2D eigenvalue weighted by Gasteiger charge is 2.28. The highest BCUT2D eigenvalue weighted by molar-refractivity contribution is 7.99. The van der Waals surface area contributed by atoms with Gasteiger partial charge in [0.2, 0.25) is 0 Å². The fourth-order valence-electron chi connectivity index (χ4n) is 2.34. The maximum Gasteiger partial charge on any atom is 0.262 e. The van der Waals surface area contributed by atoms with Crippen molar-refractivity contribution in [3.05, 3.63) is 21.9 Å². The molecule has 1 aliphatic rings. The van der Waals surface area contributed by atoms with Crippen LogP contribution in [0.5, 0.6) is 0 Å². The smallest absolute Gasteiger partial charge is 0.262 e. The van der Waals surface area contributed by atoms with Crippen molar-refractivity contribution in [1.29, 1.82) is 0 Å². The zero-order valence-electron chi connectivity index (χ0n) is 10.9. The summed E-state index contributed by atoms with van der Waals surface area (Å²) in [5, 5.41) is 5.59. The zero-order valence-corrected chi connectivity index (χ0v) is 12.6. The van der Waals surface area contributed by atoms with Crippen LogP contribution in [0.3, 0.4) is 0 Å². The summed E-state index contributed by atoms with van der Waals surface area (Å²) >= 11 is 3.28. The van der Waals surface area contributed by atoms with Crippen LogP contribution in [0.4, 0.5) is 0 Å². The van der Waals surface area contributed by atoms with E-state index in [-0.39, 0.29) is 5.91 Å². The molecule has 2 atom stereocenters. The number of rotatable bonds is 3. The highest BCUT2D eigenvalue weighted by atomic mass is 32.2. The number of hydrogen-bond acceptors (Lipinski definition) is 4. The Bertz CT molecular complexity index is 501. The lowest BCUT2D eigenvalue weighted by Gasteiger charge is -2.18. The molecule has 1 aliphatic carbocycles. The molecule has 2 unspecified atom stereocenters. The van der Waals surface area contributed by atoms with Crippen LogP contribution in [-0.2, 0) is 0 Å². The molecule has 19 heavy (non-hydrogen) atoms. The van der Waals surface area contributed by atoms with Gasteiger partial charge in [-0.3, -0.25) is 4.79 Å². The quantitative estimate of drug-likeness (QED) is 0.839. The second-order valence-electron chi connectivity index (χ2n) is 4.45. The molecule has 0 aliphatic heterocycles. The molecule has 3 N–H and O–H groups in total. The van der Waals surface area contributed by atoms with Gasteiger partial charge in [0, 0.05) is 16.9 Å². The second kappa shape index (κ2) is 6.99. The lowest BCUT2D eigenvalue weighted by Crippen LogP contribution is -2.38. The highest BCUT2D eigenvalue weighted by Crippen LogP contribution is 2.29. The van der Waals surface area contributed by atoms with Crippen LogP contribution in [0.2, 0.25) is 0 Å². The summed E-state index contributed by atoms with van der Waals surface area (Å²) in [7, 11) is 0. The molecule has 0 radical (unpaired) electrons. The summed E-state index contributed by atoms with van der Waals surface area (Å²) in [6.45, 7) is 0.314. The summed E-state index contributed by atoms with van der Waals surface area (Å²) < 4.78 is 0. The maximum absolute atomic E-state index is 12.3. The number of nitrogens with one attached hydrogen (secondary N) is 1. The van der Waals surface area contributed by atoms with Gasteiger partial charge in [0.05, 0.1) is 6.54 Å². The van der Waals surface area contributed by atoms with E-state index in [2.05, 4.69) is 23.4 Å². The van der Waals surface area contributed by atoms with Crippen molar-refractivity contribution >= 4 is 29.0 Å². The number of thioether (sulfide) groups is 1. The first-order chi connectivity index (χ1) is 9.26. The summed E-state index contributed by atoms with van der Waals surface area (Å²) in [5.74, 6) is 5.76. The number of carbonyl (C=O) groups excluding carboxylic acids is 1. The molecule has 102 valence electrons. The predicted octanol–water partition coefficient (Wildman–Crippen LogP) is 2.07. The molecule has 0 spiro atoms. The topological polar surface area (TPSA) is 55.1 Å². The standard InChI is InChI=1S/C14H18N2OS2/c1-18-12-6-2-5-11(12)16-14(17)13-10(4-3-8-15)7-9-19-13/h7,9,11-12H,2,5-6,8,15H2,1H3,(H,16,17). The Labute approximate surface area is 122 Å². The summed E-state index contributed by atoms with van der Waals surface area (Å²) in [6, 6.07) is 2.17. The Morgan fingerprint density at radius 3 is 3.21 bits per heavy atom. The first-order valence-electron chi connectivity index (χ1n) is 6.36. The van der Waals surface area contributed by atoms with E-state index >= 15 is 0 Å². The van der Waals surface area contributed by atoms with Crippen molar-refractivity contribution in [1.82, 2.24) is 5.32 Å². The molecule has 2 rings (SSSR count). The summed E-state index contributed by atoms with van der Waals surface area (Å²) in [6.07, 6.45) is 5.57. The largest absolute Gasteiger partial charge is 0.347 e. The van der Waals surface area contributed by atoms with Crippen LogP contribution in [0.15, 0.2) is 11.4 Å². The van der Waals surface area contributed by atoms with E-state index in [0.717, 1.165) is 12.0 Å². The molecular formula is C14H18N2OS2. The first kappa shape index (κ1) is 14.4. The normalized spacial score (nSPS) is 21.8. The Balaban J connectivity index is 2.06. The Hall–Kier alpha value is -0.960. The van der Waals surface area contributed by atoms with E-state index in [9.17, 15) is 4.79 Å². The lowest BCUT2D eigenvalue weighted by molar-refractivity contribution is 0.0942. The fraction of sp³-hybridized carbons (Fsp3) is 0.500. The SMILES string of the molecule is CSC1CCCC1NC(=O)c1sccc1C#CCN. The monoisotopic (exact) mass is 294 g/mol. The molecular weight excluding hydrogens is 276 g/mol. The molecule has 1 aromatic heterocycles. The van der Waals surface area contributed by atoms with Crippen LogP contribution in [0, 0.1) is 11.8 Å². The molecule has 3 nitrogen and oxygen atoms in total. The van der Waals surface area contributed by atoms with Gasteiger partial charge < -0.3 is 11.1 Å². The van der Waals surface area contributed by atoms with Crippen molar-refractivity contribution < 1.29 is 4.79 Å². The van der Waals surface area contributed by atoms with Gasteiger partial charge in [-0.1, -0.05) is 18.3 Å². The van der Waals surface area contributed by atoms with Crippen LogP contribution in [-0.4, -0.2) is 30.0 Å². The minimum absolute atomic E-state index is 0.00210. The van der Waals surface area contributed by atoms with Crippen LogP contribution < -0.4 is 11.1 Å². The van der Waals surface area contributed by atoms with Crippen molar-refractivity contribution in [3.8, 4) is 11.8 Å². The van der Waals surface area contributed by atoms with Gasteiger partial charge >= 0.3 is 0 Å². The molecule has 1 fully saturated rings. The van der Waals surface area contributed by atoms with Crippen molar-refractivity contribution in [2.24, 2.45) is 5.73 Å². The van der Waals surface area contributed by atoms with E-state index in [1.165, 1.54) is 24.2 Å². The molecule has 5 heteroatoms. The first-order valence-corrected chi connectivity index (χ1v) is 8.53. The summed E-state index contributed by atoms with van der Waals surface area (Å²) in [5.41, 5.74) is 6.15. The van der Waals surface area contributed by atoms with Gasteiger partial charge in [0.15, 0.2) is 0 Å². The third kappa shape index (κ3) is 3.53. The van der Waals surface area contributed by atoms with E-state index in [1.807, 2.05) is 23.2 Å². The fourth-order valence-corrected chi connectivity index (χ4v) is 4.02. The third-order valence-electron chi connectivity index (χ3n) is 3.27. The van der Waals surface area contributed by atoms with Crippen molar-refractivity contribution in [3.63, 3.8) is 0 Å². The number of thiophene rings is 1. The molecule has 0 aromatic carbocycles. The Morgan fingerprint density at radius 2 is 2.47 bits per heavy atom. The van der Waals surface area contributed by atoms with E-state index in [0.29, 0.717) is 22.7 Å². The van der Waals surface area contributed by atoms with Crippen LogP contribution >= 0.6 is 23.1 Å². The van der Waals surface area contributed by atoms with Crippen molar-refractivity contribution in [2.45, 2.75) is 30.6 Å². The average Bonchev–Trinajstić information content (AvgIpc) is 3.04. The summed E-state index contributed by atoms with van der Waals surface area (Å²) in [4.78, 5) is 13.0. The second-order valence-corrected chi connectivity index (χ2v) is 6.45. The molecule has 0 bridgehead atoms. The van der Waals surface area contributed by atoms with Crippen LogP contribution in [0.1, 0.15) is 34.5 Å². The minimum atomic E-state index is 0.00210. The average molecular weight is 294 g/mol. The number of nitrogens with two attached hydrogens (primary N) is 1. The van der Waals surface area contributed by atoms with Gasteiger partial charge in [-0.15, -0.1) is 11.3 Å². The van der Waals surface area contributed by atoms with Crippen LogP contribution in [0.25, 0.3) is 0 Å². The van der Waals surface area contributed by atoms with E-state index < -0.39 is 0 Å². The number of hydrogen-bond donors (Lipinski definition) is 2. The molecule has 1 saturated carbocycles. The van der Waals surface area contributed by atoms with Gasteiger partial charge in [0.1, 0.15) is 4.88 Å². The zero-order chi connectivity index (χ0) is 13.7. The molecule has 1 aromatic rings. The van der Waals surface area contributed by atoms with E-state index in [4.69, 9.17) is 5.73 Å². The Morgan fingerprint density at radius 1 is 1.63 bits per heavy atom. The van der Waals surface area contributed by atoms with Gasteiger partial charge in [0.25, 0.3) is 5.91 Å². The van der Waals surface area contributed by atoms with Gasteiger partial charge in [-0.2, -0.15) is 11.8 Å². The molecule has 1 heterocycles. The number of carbonyl (C=O) groups is 1. The maximum atomic E-state index is 12.3. The minimum Gasteiger partial charge on any atom is -0.347 e. The predicted molar refractivity (Wildman–Crippen MR) is 82.7 cm³/mol.